The van der Waals surface area contributed by atoms with Crippen LogP contribution in [-0.2, 0) is 26.0 Å². The summed E-state index contributed by atoms with van der Waals surface area (Å²) in [5.74, 6) is -3.83. The van der Waals surface area contributed by atoms with E-state index in [4.69, 9.17) is 16.3 Å². The van der Waals surface area contributed by atoms with Crippen molar-refractivity contribution in [2.45, 2.75) is 60.4 Å². The Balaban J connectivity index is 1.64. The van der Waals surface area contributed by atoms with Gasteiger partial charge in [-0.25, -0.2) is 26.6 Å². The molecule has 1 N–H and O–H groups in total. The molecular formula is C36H43ClF3N4O5S2+. The highest BCUT2D eigenvalue weighted by Crippen LogP contribution is 2.39. The Morgan fingerprint density at radius 2 is 1.69 bits per heavy atom. The fourth-order valence-electron chi connectivity index (χ4n) is 5.64. The summed E-state index contributed by atoms with van der Waals surface area (Å²) < 4.78 is 80.5. The Hall–Kier alpha value is -3.56. The lowest BCUT2D eigenvalue weighted by Crippen LogP contribution is -2.42. The van der Waals surface area contributed by atoms with E-state index >= 15 is 8.78 Å². The molecule has 4 rings (SSSR count). The van der Waals surface area contributed by atoms with Gasteiger partial charge in [0.05, 0.1) is 56.6 Å². The number of rotatable bonds is 16. The smallest absolute Gasteiger partial charge is 0.322 e. The number of hydrogen-bond donors (Lipinski definition) is 1. The third-order valence-corrected chi connectivity index (χ3v) is 11.9. The highest BCUT2D eigenvalue weighted by Gasteiger charge is 2.34. The van der Waals surface area contributed by atoms with Gasteiger partial charge in [0.15, 0.2) is 5.16 Å². The molecule has 0 radical (unpaired) electrons. The number of carbonyl (C=O) groups is 1. The highest BCUT2D eigenvalue weighted by atomic mass is 35.5. The molecule has 0 unspecified atom stereocenters. The number of aromatic nitrogens is 2. The van der Waals surface area contributed by atoms with Gasteiger partial charge in [-0.1, -0.05) is 43.3 Å². The van der Waals surface area contributed by atoms with Gasteiger partial charge in [-0.2, -0.15) is 4.31 Å². The number of benzene rings is 3. The second-order valence-corrected chi connectivity index (χ2v) is 17.1. The Morgan fingerprint density at radius 3 is 2.25 bits per heavy atom. The molecule has 3 aromatic carbocycles. The number of methoxy groups -OCH3 is 1. The molecule has 9 nitrogen and oxygen atoms in total. The van der Waals surface area contributed by atoms with Crippen molar-refractivity contribution in [2.75, 3.05) is 41.8 Å². The average Bonchev–Trinajstić information content (AvgIpc) is 3.48. The van der Waals surface area contributed by atoms with E-state index in [1.54, 1.807) is 35.0 Å². The van der Waals surface area contributed by atoms with Crippen molar-refractivity contribution in [1.82, 2.24) is 13.9 Å². The summed E-state index contributed by atoms with van der Waals surface area (Å²) in [7, 11) is 4.02. The van der Waals surface area contributed by atoms with E-state index in [-0.39, 0.29) is 12.2 Å². The van der Waals surface area contributed by atoms with Crippen LogP contribution in [0.15, 0.2) is 70.8 Å². The van der Waals surface area contributed by atoms with Gasteiger partial charge < -0.3 is 14.3 Å². The number of unbranched alkanes of at least 4 members (excludes halogenated alkanes) is 1. The lowest BCUT2D eigenvalue weighted by molar-refractivity contribution is -0.870. The number of ether oxygens (including phenoxy) is 1. The maximum Gasteiger partial charge on any atom is 0.322 e. The maximum absolute atomic E-state index is 15.6. The molecule has 1 aromatic heterocycles. The molecule has 0 aliphatic heterocycles. The molecule has 1 atom stereocenters. The summed E-state index contributed by atoms with van der Waals surface area (Å²) in [5, 5.41) is 10.6. The molecule has 0 aliphatic carbocycles. The number of sulfonamides is 1. The molecule has 15 heteroatoms. The number of halogens is 4. The van der Waals surface area contributed by atoms with E-state index in [9.17, 15) is 22.7 Å². The first-order valence-electron chi connectivity index (χ1n) is 16.1. The van der Waals surface area contributed by atoms with Crippen LogP contribution in [0.25, 0.3) is 5.69 Å². The maximum atomic E-state index is 15.6. The molecule has 0 amide bonds. The van der Waals surface area contributed by atoms with Gasteiger partial charge in [0.25, 0.3) is 0 Å². The van der Waals surface area contributed by atoms with Crippen molar-refractivity contribution < 1.29 is 40.7 Å². The second-order valence-electron chi connectivity index (χ2n) is 13.8. The predicted octanol–water partition coefficient (Wildman–Crippen LogP) is 7.52. The van der Waals surface area contributed by atoms with Crippen LogP contribution < -0.4 is 4.74 Å². The number of carboxylic acid groups (broad SMARTS) is 1. The summed E-state index contributed by atoms with van der Waals surface area (Å²) in [4.78, 5) is 15.9. The minimum absolute atomic E-state index is 0.0375. The molecule has 0 spiro atoms. The first-order chi connectivity index (χ1) is 23.8. The Labute approximate surface area is 306 Å². The van der Waals surface area contributed by atoms with Gasteiger partial charge in [-0.05, 0) is 73.4 Å². The fourth-order valence-corrected chi connectivity index (χ4v) is 8.21. The molecule has 0 bridgehead atoms. The van der Waals surface area contributed by atoms with Crippen LogP contribution in [0.2, 0.25) is 5.02 Å². The average molecular weight is 768 g/mol. The van der Waals surface area contributed by atoms with Gasteiger partial charge in [-0.3, -0.25) is 9.36 Å². The number of likely N-dealkylation sites (N-methyl/N-ethyl adjacent to an activating group) is 1. The Morgan fingerprint density at radius 1 is 1.06 bits per heavy atom. The van der Waals surface area contributed by atoms with Crippen LogP contribution in [0.4, 0.5) is 13.2 Å². The van der Waals surface area contributed by atoms with Crippen LogP contribution in [0.3, 0.4) is 0 Å². The third kappa shape index (κ3) is 9.28. The first-order valence-corrected chi connectivity index (χ1v) is 18.9. The van der Waals surface area contributed by atoms with Crippen LogP contribution >= 0.6 is 23.4 Å². The largest absolute Gasteiger partial charge is 0.495 e. The van der Waals surface area contributed by atoms with E-state index < -0.39 is 55.4 Å². The molecule has 1 heterocycles. The van der Waals surface area contributed by atoms with E-state index in [0.29, 0.717) is 61.1 Å². The lowest BCUT2D eigenvalue weighted by Gasteiger charge is -2.28. The number of carboxylic acids is 1. The summed E-state index contributed by atoms with van der Waals surface area (Å²) in [5.41, 5.74) is 0.953. The lowest BCUT2D eigenvalue weighted by atomic mass is 9.81. The Bertz CT molecular complexity index is 1960. The number of aliphatic carboxylic acids is 1. The van der Waals surface area contributed by atoms with Crippen molar-refractivity contribution in [2.24, 2.45) is 0 Å². The van der Waals surface area contributed by atoms with Gasteiger partial charge >= 0.3 is 5.97 Å². The van der Waals surface area contributed by atoms with Crippen molar-refractivity contribution >= 4 is 39.4 Å². The van der Waals surface area contributed by atoms with Crippen molar-refractivity contribution in [3.05, 3.63) is 100 Å². The molecular weight excluding hydrogens is 725 g/mol. The minimum atomic E-state index is -4.57. The topological polar surface area (TPSA) is 102 Å². The van der Waals surface area contributed by atoms with E-state index in [1.165, 1.54) is 19.2 Å². The standard InChI is InChI=1S/C36H42ClF3N4O5S2/c1-36(2,23-11-16-28(37)32(18-23)49-7)33-21-41-35(43(33)25-14-12-24(38)13-15-25)50-22-27-29(39)19-26(20-30(27)40)51(47,48)42(3)31(34(45)46)10-8-9-17-44(4,5)6/h11-16,18-21,31H,8-10,17,22H2,1-7H3/p+1/t31-/m0/s1. The molecule has 4 aromatic rings. The van der Waals surface area contributed by atoms with Crippen LogP contribution in [0, 0.1) is 17.5 Å². The summed E-state index contributed by atoms with van der Waals surface area (Å²) in [6, 6.07) is 11.1. The quantitative estimate of drug-likeness (QED) is 0.0716. The second kappa shape index (κ2) is 16.0. The van der Waals surface area contributed by atoms with Crippen molar-refractivity contribution in [3.63, 3.8) is 0 Å². The molecule has 0 aliphatic rings. The number of nitrogens with zero attached hydrogens (tertiary/aromatic N) is 4. The minimum Gasteiger partial charge on any atom is -0.495 e. The molecule has 0 saturated carbocycles. The van der Waals surface area contributed by atoms with Gasteiger partial charge in [0.2, 0.25) is 10.0 Å². The highest BCUT2D eigenvalue weighted by molar-refractivity contribution is 7.98. The normalized spacial score (nSPS) is 13.1. The van der Waals surface area contributed by atoms with Crippen LogP contribution in [-0.4, -0.2) is 85.7 Å². The van der Waals surface area contributed by atoms with Gasteiger partial charge in [0.1, 0.15) is 29.2 Å². The van der Waals surface area contributed by atoms with Crippen molar-refractivity contribution in [1.29, 1.82) is 0 Å². The van der Waals surface area contributed by atoms with Crippen molar-refractivity contribution in [3.8, 4) is 11.4 Å². The SMILES string of the molecule is COc1cc(C(C)(C)c2cnc(SCc3c(F)cc(S(=O)(=O)N(C)[C@@H](CCCC[N+](C)(C)C)C(=O)O)cc3F)n2-c2ccc(F)cc2)ccc1Cl. The Kier molecular flexibility index (Phi) is 12.6. The van der Waals surface area contributed by atoms with Crippen LogP contribution in [0.5, 0.6) is 5.75 Å². The van der Waals surface area contributed by atoms with E-state index in [2.05, 4.69) is 4.98 Å². The first kappa shape index (κ1) is 40.2. The molecule has 0 saturated heterocycles. The fraction of sp³-hybridized carbons (Fsp3) is 0.389. The van der Waals surface area contributed by atoms with E-state index in [1.807, 2.05) is 41.1 Å². The van der Waals surface area contributed by atoms with Gasteiger partial charge in [0, 0.05) is 29.5 Å². The molecule has 51 heavy (non-hydrogen) atoms. The third-order valence-electron chi connectivity index (χ3n) is 8.75. The monoisotopic (exact) mass is 767 g/mol. The summed E-state index contributed by atoms with van der Waals surface area (Å²) in [6.45, 7) is 4.67. The van der Waals surface area contributed by atoms with E-state index in [0.717, 1.165) is 30.9 Å². The zero-order valence-electron chi connectivity index (χ0n) is 29.6. The van der Waals surface area contributed by atoms with Crippen LogP contribution in [0.1, 0.15) is 49.9 Å². The number of quaternary nitrogens is 1. The summed E-state index contributed by atoms with van der Waals surface area (Å²) in [6.07, 6.45) is 2.79. The van der Waals surface area contributed by atoms with Gasteiger partial charge in [-0.15, -0.1) is 0 Å². The summed E-state index contributed by atoms with van der Waals surface area (Å²) >= 11 is 7.28. The zero-order valence-corrected chi connectivity index (χ0v) is 32.0. The predicted molar refractivity (Wildman–Crippen MR) is 193 cm³/mol. The number of hydrogen-bond acceptors (Lipinski definition) is 6. The number of imidazole rings is 1. The molecule has 276 valence electrons. The zero-order chi connectivity index (χ0) is 37.9. The molecule has 0 fully saturated rings. The number of thioether (sulfide) groups is 1.